The monoisotopic (exact) mass is 369 g/mol. The lowest BCUT2D eigenvalue weighted by atomic mass is 9.76. The number of ether oxygens (including phenoxy) is 2. The summed E-state index contributed by atoms with van der Waals surface area (Å²) in [5.74, 6) is 1.16. The number of nitrogens with zero attached hydrogens (tertiary/aromatic N) is 1. The summed E-state index contributed by atoms with van der Waals surface area (Å²) in [5.41, 5.74) is 2.45. The van der Waals surface area contributed by atoms with E-state index in [2.05, 4.69) is 0 Å². The number of carbonyl (C=O) groups excluding carboxylic acids is 1. The minimum absolute atomic E-state index is 0.0782. The standard InChI is InChI=1S/C21H23NO5/c1-26-18-4-3-13(9-16(18)23)12-21-7-5-20(25)22(21)8-6-14-10-19(27-2)17(24)11-15(14)21/h3-4,9-11,23-24H,5-8,12H2,1-2H3. The van der Waals surface area contributed by atoms with E-state index in [1.54, 1.807) is 18.2 Å². The highest BCUT2D eigenvalue weighted by Crippen LogP contribution is 2.49. The number of phenolic OH excluding ortho intramolecular Hbond substituents is 2. The Morgan fingerprint density at radius 1 is 1.04 bits per heavy atom. The zero-order valence-corrected chi connectivity index (χ0v) is 15.5. The van der Waals surface area contributed by atoms with Crippen LogP contribution in [0.5, 0.6) is 23.0 Å². The van der Waals surface area contributed by atoms with Crippen LogP contribution in [0.15, 0.2) is 30.3 Å². The Balaban J connectivity index is 1.82. The van der Waals surface area contributed by atoms with Crippen LogP contribution in [-0.2, 0) is 23.2 Å². The lowest BCUT2D eigenvalue weighted by molar-refractivity contribution is -0.132. The van der Waals surface area contributed by atoms with E-state index in [1.807, 2.05) is 17.0 Å². The fourth-order valence-corrected chi connectivity index (χ4v) is 4.55. The molecule has 2 aromatic carbocycles. The van der Waals surface area contributed by atoms with Crippen LogP contribution in [-0.4, -0.2) is 41.8 Å². The third-order valence-corrected chi connectivity index (χ3v) is 5.82. The van der Waals surface area contributed by atoms with Crippen molar-refractivity contribution in [2.75, 3.05) is 20.8 Å². The first-order chi connectivity index (χ1) is 13.0. The molecule has 2 heterocycles. The summed E-state index contributed by atoms with van der Waals surface area (Å²) in [6.07, 6.45) is 2.45. The Kier molecular flexibility index (Phi) is 4.13. The number of aromatic hydroxyl groups is 2. The summed E-state index contributed by atoms with van der Waals surface area (Å²) in [6.45, 7) is 0.641. The van der Waals surface area contributed by atoms with E-state index in [9.17, 15) is 15.0 Å². The summed E-state index contributed by atoms with van der Waals surface area (Å²) in [5, 5.41) is 20.5. The molecule has 0 bridgehead atoms. The summed E-state index contributed by atoms with van der Waals surface area (Å²) in [7, 11) is 3.05. The van der Waals surface area contributed by atoms with Gasteiger partial charge in [-0.15, -0.1) is 0 Å². The molecule has 0 aliphatic carbocycles. The molecule has 1 atom stereocenters. The van der Waals surface area contributed by atoms with Crippen molar-refractivity contribution < 1.29 is 24.5 Å². The van der Waals surface area contributed by atoms with Crippen LogP contribution >= 0.6 is 0 Å². The third kappa shape index (κ3) is 2.67. The maximum Gasteiger partial charge on any atom is 0.223 e. The Morgan fingerprint density at radius 3 is 2.48 bits per heavy atom. The molecule has 2 aromatic rings. The van der Waals surface area contributed by atoms with Gasteiger partial charge in [0.25, 0.3) is 0 Å². The smallest absolute Gasteiger partial charge is 0.223 e. The van der Waals surface area contributed by atoms with E-state index >= 15 is 0 Å². The van der Waals surface area contributed by atoms with Gasteiger partial charge < -0.3 is 24.6 Å². The molecule has 2 aliphatic rings. The molecule has 6 heteroatoms. The first-order valence-corrected chi connectivity index (χ1v) is 9.05. The lowest BCUT2D eigenvalue weighted by Crippen LogP contribution is -2.49. The minimum Gasteiger partial charge on any atom is -0.504 e. The molecule has 2 aliphatic heterocycles. The van der Waals surface area contributed by atoms with Crippen molar-refractivity contribution in [2.45, 2.75) is 31.2 Å². The molecule has 1 saturated heterocycles. The first kappa shape index (κ1) is 17.5. The van der Waals surface area contributed by atoms with E-state index in [4.69, 9.17) is 9.47 Å². The summed E-state index contributed by atoms with van der Waals surface area (Å²) in [6, 6.07) is 8.94. The van der Waals surface area contributed by atoms with Crippen LogP contribution in [0.4, 0.5) is 0 Å². The number of phenols is 2. The van der Waals surface area contributed by atoms with Crippen LogP contribution in [0, 0.1) is 0 Å². The molecule has 2 N–H and O–H groups in total. The van der Waals surface area contributed by atoms with E-state index in [0.29, 0.717) is 37.3 Å². The highest BCUT2D eigenvalue weighted by molar-refractivity contribution is 5.81. The van der Waals surface area contributed by atoms with Gasteiger partial charge >= 0.3 is 0 Å². The number of hydrogen-bond acceptors (Lipinski definition) is 5. The van der Waals surface area contributed by atoms with Crippen LogP contribution < -0.4 is 9.47 Å². The second-order valence-electron chi connectivity index (χ2n) is 7.19. The van der Waals surface area contributed by atoms with Crippen molar-refractivity contribution in [3.63, 3.8) is 0 Å². The second-order valence-corrected chi connectivity index (χ2v) is 7.19. The van der Waals surface area contributed by atoms with E-state index < -0.39 is 5.54 Å². The molecule has 1 unspecified atom stereocenters. The van der Waals surface area contributed by atoms with Gasteiger partial charge in [-0.1, -0.05) is 6.07 Å². The van der Waals surface area contributed by atoms with Gasteiger partial charge in [-0.3, -0.25) is 4.79 Å². The molecule has 27 heavy (non-hydrogen) atoms. The Hall–Kier alpha value is -2.89. The predicted molar refractivity (Wildman–Crippen MR) is 99.4 cm³/mol. The molecule has 4 rings (SSSR count). The quantitative estimate of drug-likeness (QED) is 0.866. The zero-order chi connectivity index (χ0) is 19.2. The number of methoxy groups -OCH3 is 2. The van der Waals surface area contributed by atoms with E-state index in [0.717, 1.165) is 23.1 Å². The summed E-state index contributed by atoms with van der Waals surface area (Å²) >= 11 is 0. The van der Waals surface area contributed by atoms with Crippen molar-refractivity contribution in [1.82, 2.24) is 4.90 Å². The molecule has 0 radical (unpaired) electrons. The van der Waals surface area contributed by atoms with Crippen molar-refractivity contribution in [1.29, 1.82) is 0 Å². The van der Waals surface area contributed by atoms with Crippen molar-refractivity contribution in [2.24, 2.45) is 0 Å². The minimum atomic E-state index is -0.518. The largest absolute Gasteiger partial charge is 0.504 e. The zero-order valence-electron chi connectivity index (χ0n) is 15.5. The maximum absolute atomic E-state index is 12.6. The van der Waals surface area contributed by atoms with E-state index in [1.165, 1.54) is 14.2 Å². The van der Waals surface area contributed by atoms with Crippen LogP contribution in [0.25, 0.3) is 0 Å². The van der Waals surface area contributed by atoms with Crippen molar-refractivity contribution in [3.8, 4) is 23.0 Å². The van der Waals surface area contributed by atoms with Gasteiger partial charge in [0.05, 0.1) is 19.8 Å². The van der Waals surface area contributed by atoms with Crippen LogP contribution in [0.1, 0.15) is 29.5 Å². The molecular formula is C21H23NO5. The van der Waals surface area contributed by atoms with Gasteiger partial charge in [0.2, 0.25) is 5.91 Å². The second kappa shape index (κ2) is 6.37. The topological polar surface area (TPSA) is 79.2 Å². The van der Waals surface area contributed by atoms with Gasteiger partial charge in [-0.25, -0.2) is 0 Å². The average Bonchev–Trinajstić information content (AvgIpc) is 2.98. The normalized spacial score (nSPS) is 21.0. The van der Waals surface area contributed by atoms with Crippen LogP contribution in [0.2, 0.25) is 0 Å². The summed E-state index contributed by atoms with van der Waals surface area (Å²) < 4.78 is 10.4. The van der Waals surface area contributed by atoms with Gasteiger partial charge in [0.15, 0.2) is 23.0 Å². The number of benzene rings is 2. The fourth-order valence-electron chi connectivity index (χ4n) is 4.55. The molecular weight excluding hydrogens is 346 g/mol. The van der Waals surface area contributed by atoms with Gasteiger partial charge in [0.1, 0.15) is 0 Å². The Labute approximate surface area is 157 Å². The number of amides is 1. The predicted octanol–water partition coefficient (Wildman–Crippen LogP) is 2.73. The van der Waals surface area contributed by atoms with Crippen LogP contribution in [0.3, 0.4) is 0 Å². The number of fused-ring (bicyclic) bond motifs is 3. The fraction of sp³-hybridized carbons (Fsp3) is 0.381. The number of carbonyl (C=O) groups is 1. The molecule has 0 saturated carbocycles. The number of rotatable bonds is 4. The molecule has 142 valence electrons. The molecule has 6 nitrogen and oxygen atoms in total. The van der Waals surface area contributed by atoms with Gasteiger partial charge in [-0.2, -0.15) is 0 Å². The highest BCUT2D eigenvalue weighted by Gasteiger charge is 2.49. The lowest BCUT2D eigenvalue weighted by Gasteiger charge is -2.44. The molecule has 0 spiro atoms. The summed E-state index contributed by atoms with van der Waals surface area (Å²) in [4.78, 5) is 14.5. The van der Waals surface area contributed by atoms with E-state index in [-0.39, 0.29) is 17.4 Å². The highest BCUT2D eigenvalue weighted by atomic mass is 16.5. The average molecular weight is 369 g/mol. The third-order valence-electron chi connectivity index (χ3n) is 5.82. The SMILES string of the molecule is COc1ccc(CC23CCC(=O)N2CCc2cc(OC)c(O)cc23)cc1O. The van der Waals surface area contributed by atoms with Gasteiger partial charge in [0, 0.05) is 19.4 Å². The van der Waals surface area contributed by atoms with Crippen molar-refractivity contribution >= 4 is 5.91 Å². The first-order valence-electron chi connectivity index (χ1n) is 9.05. The molecule has 1 fully saturated rings. The Bertz CT molecular complexity index is 910. The maximum atomic E-state index is 12.6. The molecule has 0 aromatic heterocycles. The van der Waals surface area contributed by atoms with Gasteiger partial charge in [-0.05, 0) is 53.8 Å². The number of hydrogen-bond donors (Lipinski definition) is 2. The Morgan fingerprint density at radius 2 is 1.78 bits per heavy atom. The molecule has 1 amide bonds. The van der Waals surface area contributed by atoms with Crippen molar-refractivity contribution in [3.05, 3.63) is 47.0 Å².